The number of para-hydroxylation sites is 1. The molecule has 0 bridgehead atoms. The molecule has 0 saturated heterocycles. The molecule has 2 nitrogen and oxygen atoms in total. The monoisotopic (exact) mass is 308 g/mol. The van der Waals surface area contributed by atoms with Crippen LogP contribution in [0.5, 0.6) is 0 Å². The van der Waals surface area contributed by atoms with Crippen LogP contribution < -0.4 is 0 Å². The molecule has 0 saturated carbocycles. The summed E-state index contributed by atoms with van der Waals surface area (Å²) in [5.41, 5.74) is 0.603. The van der Waals surface area contributed by atoms with Crippen molar-refractivity contribution in [1.29, 1.82) is 0 Å². The largest absolute Gasteiger partial charge is 0.416 e. The van der Waals surface area contributed by atoms with Crippen molar-refractivity contribution in [2.45, 2.75) is 6.18 Å². The highest BCUT2D eigenvalue weighted by Crippen LogP contribution is 2.33. The molecule has 0 aliphatic heterocycles. The van der Waals surface area contributed by atoms with E-state index >= 15 is 0 Å². The Bertz CT molecular complexity index is 815. The molecule has 3 aromatic rings. The van der Waals surface area contributed by atoms with Crippen molar-refractivity contribution < 1.29 is 13.2 Å². The maximum Gasteiger partial charge on any atom is 0.416 e. The van der Waals surface area contributed by atoms with Crippen molar-refractivity contribution in [1.82, 2.24) is 9.97 Å². The van der Waals surface area contributed by atoms with Gasteiger partial charge in [-0.15, -0.1) is 0 Å². The first-order valence-corrected chi connectivity index (χ1v) is 6.43. The van der Waals surface area contributed by atoms with Gasteiger partial charge < -0.3 is 0 Å². The van der Waals surface area contributed by atoms with Crippen LogP contribution in [0.25, 0.3) is 22.2 Å². The van der Waals surface area contributed by atoms with Crippen LogP contribution in [0.15, 0.2) is 48.5 Å². The highest BCUT2D eigenvalue weighted by molar-refractivity contribution is 6.28. The second-order valence-electron chi connectivity index (χ2n) is 4.44. The second kappa shape index (κ2) is 5.00. The lowest BCUT2D eigenvalue weighted by Crippen LogP contribution is -2.04. The van der Waals surface area contributed by atoms with Gasteiger partial charge in [0.25, 0.3) is 0 Å². The Morgan fingerprint density at radius 3 is 2.43 bits per heavy atom. The molecule has 0 fully saturated rings. The molecule has 21 heavy (non-hydrogen) atoms. The molecule has 0 spiro atoms. The van der Waals surface area contributed by atoms with Crippen molar-refractivity contribution >= 4 is 22.5 Å². The zero-order valence-electron chi connectivity index (χ0n) is 10.5. The van der Waals surface area contributed by atoms with Gasteiger partial charge in [-0.05, 0) is 29.8 Å². The first-order valence-electron chi connectivity index (χ1n) is 6.05. The molecule has 1 heterocycles. The topological polar surface area (TPSA) is 25.8 Å². The van der Waals surface area contributed by atoms with Gasteiger partial charge >= 0.3 is 6.18 Å². The van der Waals surface area contributed by atoms with E-state index in [1.54, 1.807) is 30.3 Å². The smallest absolute Gasteiger partial charge is 0.218 e. The Labute approximate surface area is 123 Å². The van der Waals surface area contributed by atoms with Gasteiger partial charge in [0.1, 0.15) is 0 Å². The molecule has 0 N–H and O–H groups in total. The van der Waals surface area contributed by atoms with Gasteiger partial charge in [0.05, 0.1) is 16.8 Å². The van der Waals surface area contributed by atoms with Gasteiger partial charge in [0.2, 0.25) is 5.28 Å². The zero-order valence-corrected chi connectivity index (χ0v) is 11.3. The molecular weight excluding hydrogens is 301 g/mol. The molecular formula is C15H8ClF3N2. The van der Waals surface area contributed by atoms with Gasteiger partial charge in [0.15, 0.2) is 0 Å². The fourth-order valence-corrected chi connectivity index (χ4v) is 2.29. The number of alkyl halides is 3. The molecule has 6 heteroatoms. The van der Waals surface area contributed by atoms with Crippen LogP contribution >= 0.6 is 11.6 Å². The van der Waals surface area contributed by atoms with E-state index in [0.717, 1.165) is 12.1 Å². The summed E-state index contributed by atoms with van der Waals surface area (Å²) in [4.78, 5) is 8.15. The quantitative estimate of drug-likeness (QED) is 0.593. The van der Waals surface area contributed by atoms with Gasteiger partial charge in [-0.25, -0.2) is 9.97 Å². The maximum atomic E-state index is 12.8. The van der Waals surface area contributed by atoms with E-state index < -0.39 is 11.7 Å². The Balaban J connectivity index is 2.26. The molecule has 0 atom stereocenters. The van der Waals surface area contributed by atoms with E-state index in [0.29, 0.717) is 22.2 Å². The average molecular weight is 309 g/mol. The number of halogens is 4. The number of hydrogen-bond donors (Lipinski definition) is 0. The third-order valence-electron chi connectivity index (χ3n) is 3.04. The fraction of sp³-hybridized carbons (Fsp3) is 0.0667. The zero-order chi connectivity index (χ0) is 15.0. The Morgan fingerprint density at radius 1 is 0.905 bits per heavy atom. The normalized spacial score (nSPS) is 11.8. The van der Waals surface area contributed by atoms with Crippen molar-refractivity contribution in [3.8, 4) is 11.3 Å². The molecule has 3 rings (SSSR count). The van der Waals surface area contributed by atoms with Crippen molar-refractivity contribution in [3.63, 3.8) is 0 Å². The standard InChI is InChI=1S/C15H8ClF3N2/c16-14-20-12-7-2-1-6-11(12)13(21-14)9-4-3-5-10(8-9)15(17,18)19/h1-8H. The number of nitrogens with zero attached hydrogens (tertiary/aromatic N) is 2. The molecule has 0 amide bonds. The van der Waals surface area contributed by atoms with Crippen LogP contribution in [-0.4, -0.2) is 9.97 Å². The molecule has 2 aromatic carbocycles. The number of benzene rings is 2. The maximum absolute atomic E-state index is 12.8. The van der Waals surface area contributed by atoms with E-state index in [1.165, 1.54) is 6.07 Å². The minimum absolute atomic E-state index is 0.00103. The van der Waals surface area contributed by atoms with Gasteiger partial charge in [0, 0.05) is 10.9 Å². The van der Waals surface area contributed by atoms with Gasteiger partial charge in [-0.1, -0.05) is 30.3 Å². The van der Waals surface area contributed by atoms with E-state index in [-0.39, 0.29) is 5.28 Å². The summed E-state index contributed by atoms with van der Waals surface area (Å²) >= 11 is 5.86. The minimum atomic E-state index is -4.40. The molecule has 0 aliphatic carbocycles. The Kier molecular flexibility index (Phi) is 3.29. The van der Waals surface area contributed by atoms with E-state index in [9.17, 15) is 13.2 Å². The molecule has 1 aromatic heterocycles. The predicted molar refractivity (Wildman–Crippen MR) is 75.0 cm³/mol. The Hall–Kier alpha value is -2.14. The van der Waals surface area contributed by atoms with Crippen molar-refractivity contribution in [2.75, 3.05) is 0 Å². The first-order chi connectivity index (χ1) is 9.95. The summed E-state index contributed by atoms with van der Waals surface area (Å²) in [7, 11) is 0. The summed E-state index contributed by atoms with van der Waals surface area (Å²) in [5, 5.41) is 0.655. The van der Waals surface area contributed by atoms with Gasteiger partial charge in [-0.3, -0.25) is 0 Å². The molecule has 106 valence electrons. The third-order valence-corrected chi connectivity index (χ3v) is 3.21. The molecule has 0 aliphatic rings. The number of aromatic nitrogens is 2. The SMILES string of the molecule is FC(F)(F)c1cccc(-c2nc(Cl)nc3ccccc23)c1. The van der Waals surface area contributed by atoms with Crippen LogP contribution in [0.4, 0.5) is 13.2 Å². The lowest BCUT2D eigenvalue weighted by molar-refractivity contribution is -0.137. The van der Waals surface area contributed by atoms with Gasteiger partial charge in [-0.2, -0.15) is 13.2 Å². The second-order valence-corrected chi connectivity index (χ2v) is 4.78. The summed E-state index contributed by atoms with van der Waals surface area (Å²) in [6.45, 7) is 0. The summed E-state index contributed by atoms with van der Waals surface area (Å²) in [5.74, 6) is 0. The molecule has 0 radical (unpaired) electrons. The fourth-order valence-electron chi connectivity index (χ4n) is 2.11. The Morgan fingerprint density at radius 2 is 1.67 bits per heavy atom. The van der Waals surface area contributed by atoms with Crippen LogP contribution in [0.1, 0.15) is 5.56 Å². The van der Waals surface area contributed by atoms with E-state index in [2.05, 4.69) is 9.97 Å². The number of rotatable bonds is 1. The van der Waals surface area contributed by atoms with Crippen LogP contribution in [0.2, 0.25) is 5.28 Å². The first kappa shape index (κ1) is 13.8. The summed E-state index contributed by atoms with van der Waals surface area (Å²) in [6, 6.07) is 12.0. The van der Waals surface area contributed by atoms with Crippen molar-refractivity contribution in [3.05, 3.63) is 59.4 Å². The van der Waals surface area contributed by atoms with Crippen LogP contribution in [0, 0.1) is 0 Å². The van der Waals surface area contributed by atoms with E-state index in [4.69, 9.17) is 11.6 Å². The van der Waals surface area contributed by atoms with Crippen molar-refractivity contribution in [2.24, 2.45) is 0 Å². The molecule has 0 unspecified atom stereocenters. The number of fused-ring (bicyclic) bond motifs is 1. The predicted octanol–water partition coefficient (Wildman–Crippen LogP) is 4.97. The van der Waals surface area contributed by atoms with Crippen LogP contribution in [-0.2, 0) is 6.18 Å². The van der Waals surface area contributed by atoms with Crippen LogP contribution in [0.3, 0.4) is 0 Å². The third kappa shape index (κ3) is 2.69. The lowest BCUT2D eigenvalue weighted by Gasteiger charge is -2.10. The highest BCUT2D eigenvalue weighted by atomic mass is 35.5. The number of hydrogen-bond acceptors (Lipinski definition) is 2. The van der Waals surface area contributed by atoms with E-state index in [1.807, 2.05) is 0 Å². The average Bonchev–Trinajstić information content (AvgIpc) is 2.45. The minimum Gasteiger partial charge on any atom is -0.218 e. The summed E-state index contributed by atoms with van der Waals surface area (Å²) < 4.78 is 38.5. The highest BCUT2D eigenvalue weighted by Gasteiger charge is 2.30. The lowest BCUT2D eigenvalue weighted by atomic mass is 10.0. The summed E-state index contributed by atoms with van der Waals surface area (Å²) in [6.07, 6.45) is -4.40.